The van der Waals surface area contributed by atoms with Crippen molar-refractivity contribution in [3.63, 3.8) is 0 Å². The molecule has 0 amide bonds. The number of aliphatic hydroxyl groups excluding tert-OH is 1. The van der Waals surface area contributed by atoms with Crippen molar-refractivity contribution in [3.05, 3.63) is 59.7 Å². The van der Waals surface area contributed by atoms with Gasteiger partial charge in [0.2, 0.25) is 0 Å². The summed E-state index contributed by atoms with van der Waals surface area (Å²) >= 11 is 5.44. The molecule has 3 rings (SSSR count). The maximum absolute atomic E-state index is 11.1. The Kier molecular flexibility index (Phi) is 5.99. The van der Waals surface area contributed by atoms with Crippen molar-refractivity contribution < 1.29 is 14.6 Å². The summed E-state index contributed by atoms with van der Waals surface area (Å²) < 4.78 is 5.11. The van der Waals surface area contributed by atoms with Crippen molar-refractivity contribution in [3.8, 4) is 11.1 Å². The average molecular weight is 319 g/mol. The summed E-state index contributed by atoms with van der Waals surface area (Å²) in [6, 6.07) is 16.9. The third-order valence-electron chi connectivity index (χ3n) is 3.74. The maximum Gasteiger partial charge on any atom is 0.320 e. The Morgan fingerprint density at radius 1 is 1.05 bits per heavy atom. The predicted octanol–water partition coefficient (Wildman–Crippen LogP) is 3.58. The Morgan fingerprint density at radius 3 is 2.05 bits per heavy atom. The molecule has 0 saturated carbocycles. The second kappa shape index (κ2) is 7.97. The van der Waals surface area contributed by atoms with Crippen molar-refractivity contribution >= 4 is 17.6 Å². The van der Waals surface area contributed by atoms with Crippen LogP contribution < -0.4 is 0 Å². The number of ether oxygens (including phenoxy) is 1. The van der Waals surface area contributed by atoms with Crippen molar-refractivity contribution in [1.82, 2.24) is 0 Å². The molecule has 0 unspecified atom stereocenters. The third kappa shape index (κ3) is 3.32. The second-order valence-corrected chi connectivity index (χ2v) is 5.14. The number of benzene rings is 2. The number of alkyl halides is 1. The standard InChI is InChI=1S/C17H15ClO2.CH4O/c18-11-17(19)20-10-9-16-14-7-3-1-5-12(14)13-6-2-4-8-15(13)16;1-2/h1-8,16H,9-11H2;2H,1H3. The summed E-state index contributed by atoms with van der Waals surface area (Å²) in [7, 11) is 1.00. The van der Waals surface area contributed by atoms with Crippen molar-refractivity contribution in [2.24, 2.45) is 0 Å². The molecule has 0 spiro atoms. The van der Waals surface area contributed by atoms with Gasteiger partial charge in [-0.3, -0.25) is 4.79 Å². The van der Waals surface area contributed by atoms with E-state index in [9.17, 15) is 4.79 Å². The molecular weight excluding hydrogens is 300 g/mol. The van der Waals surface area contributed by atoms with Crippen LogP contribution in [0.25, 0.3) is 11.1 Å². The highest BCUT2D eigenvalue weighted by atomic mass is 35.5. The minimum absolute atomic E-state index is 0.0855. The smallest absolute Gasteiger partial charge is 0.320 e. The van der Waals surface area contributed by atoms with Gasteiger partial charge in [-0.1, -0.05) is 48.5 Å². The number of rotatable bonds is 4. The molecule has 0 fully saturated rings. The molecule has 1 aliphatic carbocycles. The zero-order chi connectivity index (χ0) is 15.9. The third-order valence-corrected chi connectivity index (χ3v) is 3.96. The van der Waals surface area contributed by atoms with Gasteiger partial charge in [0, 0.05) is 13.0 Å². The van der Waals surface area contributed by atoms with Gasteiger partial charge in [0.05, 0.1) is 6.61 Å². The number of aliphatic hydroxyl groups is 1. The van der Waals surface area contributed by atoms with E-state index in [0.717, 1.165) is 13.5 Å². The van der Waals surface area contributed by atoms with Gasteiger partial charge in [0.25, 0.3) is 0 Å². The Balaban J connectivity index is 0.000000847. The first kappa shape index (κ1) is 16.5. The molecule has 0 aromatic heterocycles. The first-order valence-electron chi connectivity index (χ1n) is 7.16. The first-order chi connectivity index (χ1) is 10.8. The molecule has 0 bridgehead atoms. The van der Waals surface area contributed by atoms with Gasteiger partial charge < -0.3 is 9.84 Å². The van der Waals surface area contributed by atoms with Crippen LogP contribution >= 0.6 is 11.6 Å². The fourth-order valence-electron chi connectivity index (χ4n) is 2.90. The molecule has 1 N–H and O–H groups in total. The molecule has 116 valence electrons. The van der Waals surface area contributed by atoms with E-state index in [1.54, 1.807) is 0 Å². The molecule has 0 aliphatic heterocycles. The highest BCUT2D eigenvalue weighted by molar-refractivity contribution is 6.26. The second-order valence-electron chi connectivity index (χ2n) is 4.87. The highest BCUT2D eigenvalue weighted by Crippen LogP contribution is 2.45. The van der Waals surface area contributed by atoms with E-state index in [4.69, 9.17) is 21.4 Å². The van der Waals surface area contributed by atoms with Crippen LogP contribution in [0.2, 0.25) is 0 Å². The average Bonchev–Trinajstić information content (AvgIpc) is 2.91. The Morgan fingerprint density at radius 2 is 1.55 bits per heavy atom. The van der Waals surface area contributed by atoms with Crippen molar-refractivity contribution in [1.29, 1.82) is 0 Å². The van der Waals surface area contributed by atoms with E-state index in [2.05, 4.69) is 48.5 Å². The van der Waals surface area contributed by atoms with E-state index in [1.807, 2.05) is 0 Å². The number of hydrogen-bond acceptors (Lipinski definition) is 3. The molecule has 1 aliphatic rings. The van der Waals surface area contributed by atoms with Crippen LogP contribution in [0.3, 0.4) is 0 Å². The van der Waals surface area contributed by atoms with Gasteiger partial charge in [-0.05, 0) is 28.7 Å². The molecule has 2 aromatic carbocycles. The van der Waals surface area contributed by atoms with Gasteiger partial charge >= 0.3 is 5.97 Å². The minimum atomic E-state index is -0.355. The van der Waals surface area contributed by atoms with Gasteiger partial charge in [-0.25, -0.2) is 0 Å². The Labute approximate surface area is 135 Å². The Bertz CT molecular complexity index is 594. The van der Waals surface area contributed by atoms with Gasteiger partial charge in [-0.15, -0.1) is 11.6 Å². The quantitative estimate of drug-likeness (QED) is 0.692. The normalized spacial score (nSPS) is 12.0. The van der Waals surface area contributed by atoms with E-state index in [1.165, 1.54) is 22.3 Å². The van der Waals surface area contributed by atoms with E-state index < -0.39 is 0 Å². The lowest BCUT2D eigenvalue weighted by Gasteiger charge is -2.13. The van der Waals surface area contributed by atoms with Crippen LogP contribution in [0.5, 0.6) is 0 Å². The summed E-state index contributed by atoms with van der Waals surface area (Å²) in [6.07, 6.45) is 0.788. The topological polar surface area (TPSA) is 46.5 Å². The number of carbonyl (C=O) groups excluding carboxylic acids is 1. The number of carbonyl (C=O) groups is 1. The summed E-state index contributed by atoms with van der Waals surface area (Å²) in [6.45, 7) is 0.402. The number of fused-ring (bicyclic) bond motifs is 3. The SMILES string of the molecule is CO.O=C(CCl)OCCC1c2ccccc2-c2ccccc21. The van der Waals surface area contributed by atoms with Gasteiger partial charge in [0.1, 0.15) is 5.88 Å². The molecule has 0 atom stereocenters. The largest absolute Gasteiger partial charge is 0.465 e. The van der Waals surface area contributed by atoms with E-state index in [-0.39, 0.29) is 11.8 Å². The molecule has 0 radical (unpaired) electrons. The first-order valence-corrected chi connectivity index (χ1v) is 7.69. The minimum Gasteiger partial charge on any atom is -0.465 e. The summed E-state index contributed by atoms with van der Waals surface area (Å²) in [5.41, 5.74) is 5.21. The van der Waals surface area contributed by atoms with Gasteiger partial charge in [-0.2, -0.15) is 0 Å². The van der Waals surface area contributed by atoms with Crippen molar-refractivity contribution in [2.75, 3.05) is 19.6 Å². The molecule has 3 nitrogen and oxygen atoms in total. The predicted molar refractivity (Wildman–Crippen MR) is 88.2 cm³/mol. The number of halogens is 1. The van der Waals surface area contributed by atoms with E-state index in [0.29, 0.717) is 12.5 Å². The lowest BCUT2D eigenvalue weighted by atomic mass is 9.94. The van der Waals surface area contributed by atoms with Crippen molar-refractivity contribution in [2.45, 2.75) is 12.3 Å². The fraction of sp³-hybridized carbons (Fsp3) is 0.278. The molecular formula is C18H19ClO3. The molecule has 4 heteroatoms. The monoisotopic (exact) mass is 318 g/mol. The summed E-state index contributed by atoms with van der Waals surface area (Å²) in [5.74, 6) is -0.144. The maximum atomic E-state index is 11.1. The number of hydrogen-bond donors (Lipinski definition) is 1. The molecule has 0 heterocycles. The zero-order valence-corrected chi connectivity index (χ0v) is 13.2. The summed E-state index contributed by atoms with van der Waals surface area (Å²) in [4.78, 5) is 11.1. The molecule has 22 heavy (non-hydrogen) atoms. The van der Waals surface area contributed by atoms with Crippen LogP contribution in [0, 0.1) is 0 Å². The highest BCUT2D eigenvalue weighted by Gasteiger charge is 2.27. The van der Waals surface area contributed by atoms with Crippen LogP contribution in [0.15, 0.2) is 48.5 Å². The lowest BCUT2D eigenvalue weighted by Crippen LogP contribution is -2.09. The molecule has 0 saturated heterocycles. The van der Waals surface area contributed by atoms with E-state index >= 15 is 0 Å². The van der Waals surface area contributed by atoms with Crippen LogP contribution in [-0.4, -0.2) is 30.7 Å². The lowest BCUT2D eigenvalue weighted by molar-refractivity contribution is -0.140. The van der Waals surface area contributed by atoms with Gasteiger partial charge in [0.15, 0.2) is 0 Å². The number of esters is 1. The van der Waals surface area contributed by atoms with Crippen LogP contribution in [-0.2, 0) is 9.53 Å². The Hall–Kier alpha value is -1.84. The van der Waals surface area contributed by atoms with Crippen LogP contribution in [0.1, 0.15) is 23.5 Å². The zero-order valence-electron chi connectivity index (χ0n) is 12.5. The fourth-order valence-corrected chi connectivity index (χ4v) is 2.98. The van der Waals surface area contributed by atoms with Crippen LogP contribution in [0.4, 0.5) is 0 Å². The summed E-state index contributed by atoms with van der Waals surface area (Å²) in [5, 5.41) is 7.00. The molecule has 2 aromatic rings.